The monoisotopic (exact) mass is 226 g/mol. The van der Waals surface area contributed by atoms with Gasteiger partial charge in [0.15, 0.2) is 5.76 Å². The largest absolute Gasteiger partial charge is 0.493 e. The average Bonchev–Trinajstić information content (AvgIpc) is 2.16. The molecule has 1 atom stereocenters. The first-order valence-electron chi connectivity index (χ1n) is 4.86. The Morgan fingerprint density at radius 2 is 2.06 bits per heavy atom. The van der Waals surface area contributed by atoms with E-state index in [4.69, 9.17) is 9.84 Å². The number of Topliss-reactive ketones (excluding diaryl/α,β-unsaturated/α-hetero) is 2. The van der Waals surface area contributed by atoms with Gasteiger partial charge in [0.25, 0.3) is 5.78 Å². The highest BCUT2D eigenvalue weighted by Gasteiger charge is 2.46. The van der Waals surface area contributed by atoms with Crippen molar-refractivity contribution in [2.24, 2.45) is 11.3 Å². The fraction of sp³-hybridized carbons (Fsp3) is 0.545. The van der Waals surface area contributed by atoms with Gasteiger partial charge in [-0.1, -0.05) is 13.8 Å². The van der Waals surface area contributed by atoms with Crippen molar-refractivity contribution in [1.29, 1.82) is 0 Å². The number of carbonyl (C=O) groups is 3. The summed E-state index contributed by atoms with van der Waals surface area (Å²) < 4.78 is 4.82. The van der Waals surface area contributed by atoms with E-state index in [0.717, 1.165) is 0 Å². The van der Waals surface area contributed by atoms with Crippen LogP contribution in [0.5, 0.6) is 0 Å². The third kappa shape index (κ3) is 1.98. The summed E-state index contributed by atoms with van der Waals surface area (Å²) in [6, 6.07) is 0. The molecule has 1 N–H and O–H groups in total. The lowest BCUT2D eigenvalue weighted by atomic mass is 9.68. The van der Waals surface area contributed by atoms with Gasteiger partial charge < -0.3 is 9.84 Å². The number of hydrogen-bond donors (Lipinski definition) is 1. The zero-order chi connectivity index (χ0) is 12.5. The van der Waals surface area contributed by atoms with Crippen LogP contribution in [0.3, 0.4) is 0 Å². The van der Waals surface area contributed by atoms with E-state index < -0.39 is 28.9 Å². The Morgan fingerprint density at radius 1 is 1.50 bits per heavy atom. The van der Waals surface area contributed by atoms with Crippen LogP contribution < -0.4 is 0 Å². The second-order valence-corrected chi connectivity index (χ2v) is 4.43. The summed E-state index contributed by atoms with van der Waals surface area (Å²) in [5, 5.41) is 8.68. The first kappa shape index (κ1) is 12.4. The van der Waals surface area contributed by atoms with Gasteiger partial charge in [-0.2, -0.15) is 0 Å². The van der Waals surface area contributed by atoms with Gasteiger partial charge in [0, 0.05) is 0 Å². The van der Waals surface area contributed by atoms with Crippen molar-refractivity contribution in [3.8, 4) is 0 Å². The van der Waals surface area contributed by atoms with Crippen LogP contribution in [0.15, 0.2) is 11.8 Å². The number of carboxylic acids is 1. The van der Waals surface area contributed by atoms with Gasteiger partial charge in [-0.25, -0.2) is 4.79 Å². The first-order chi connectivity index (χ1) is 7.31. The molecule has 0 fully saturated rings. The van der Waals surface area contributed by atoms with Crippen molar-refractivity contribution in [3.05, 3.63) is 11.8 Å². The van der Waals surface area contributed by atoms with E-state index >= 15 is 0 Å². The van der Waals surface area contributed by atoms with E-state index in [1.807, 2.05) is 0 Å². The molecule has 1 unspecified atom stereocenters. The number of carbonyl (C=O) groups excluding carboxylic acids is 2. The van der Waals surface area contributed by atoms with Gasteiger partial charge in [0.2, 0.25) is 5.78 Å². The summed E-state index contributed by atoms with van der Waals surface area (Å²) >= 11 is 0. The lowest BCUT2D eigenvalue weighted by molar-refractivity contribution is -0.155. The van der Waals surface area contributed by atoms with E-state index in [1.54, 1.807) is 19.9 Å². The van der Waals surface area contributed by atoms with Crippen molar-refractivity contribution in [2.75, 3.05) is 7.11 Å². The fourth-order valence-electron chi connectivity index (χ4n) is 1.85. The van der Waals surface area contributed by atoms with Crippen molar-refractivity contribution >= 4 is 17.5 Å². The Morgan fingerprint density at radius 3 is 2.50 bits per heavy atom. The van der Waals surface area contributed by atoms with E-state index in [-0.39, 0.29) is 5.76 Å². The van der Waals surface area contributed by atoms with Gasteiger partial charge >= 0.3 is 5.97 Å². The maximum atomic E-state index is 11.8. The predicted octanol–water partition coefficient (Wildman–Crippen LogP) is 0.786. The molecule has 0 saturated carbocycles. The molecule has 0 amide bonds. The molecule has 1 aliphatic rings. The van der Waals surface area contributed by atoms with Gasteiger partial charge in [-0.15, -0.1) is 0 Å². The quantitative estimate of drug-likeness (QED) is 0.568. The molecular formula is C11H14O5. The van der Waals surface area contributed by atoms with Crippen LogP contribution in [0.1, 0.15) is 20.3 Å². The SMILES string of the molecule is COC1=CCC(C)(C)C(C(=O)C(=O)O)C1=O. The fourth-order valence-corrected chi connectivity index (χ4v) is 1.85. The van der Waals surface area contributed by atoms with Crippen LogP contribution in [0.25, 0.3) is 0 Å². The van der Waals surface area contributed by atoms with Crippen molar-refractivity contribution in [2.45, 2.75) is 20.3 Å². The van der Waals surface area contributed by atoms with Crippen LogP contribution in [-0.2, 0) is 19.1 Å². The van der Waals surface area contributed by atoms with Crippen LogP contribution in [-0.4, -0.2) is 29.8 Å². The maximum absolute atomic E-state index is 11.8. The van der Waals surface area contributed by atoms with Crippen molar-refractivity contribution in [1.82, 2.24) is 0 Å². The highest BCUT2D eigenvalue weighted by Crippen LogP contribution is 2.38. The molecule has 0 aromatic rings. The smallest absolute Gasteiger partial charge is 0.372 e. The Kier molecular flexibility index (Phi) is 3.16. The molecule has 0 radical (unpaired) electrons. The third-order valence-electron chi connectivity index (χ3n) is 2.79. The molecule has 0 aromatic carbocycles. The number of carboxylic acid groups (broad SMARTS) is 1. The average molecular weight is 226 g/mol. The molecule has 5 heteroatoms. The lowest BCUT2D eigenvalue weighted by Crippen LogP contribution is -2.43. The number of allylic oxidation sites excluding steroid dienone is 2. The van der Waals surface area contributed by atoms with Crippen molar-refractivity contribution < 1.29 is 24.2 Å². The Balaban J connectivity index is 3.14. The Bertz CT molecular complexity index is 378. The maximum Gasteiger partial charge on any atom is 0.372 e. The molecular weight excluding hydrogens is 212 g/mol. The molecule has 16 heavy (non-hydrogen) atoms. The molecule has 1 rings (SSSR count). The molecule has 5 nitrogen and oxygen atoms in total. The summed E-state index contributed by atoms with van der Waals surface area (Å²) in [6.07, 6.45) is 2.03. The third-order valence-corrected chi connectivity index (χ3v) is 2.79. The van der Waals surface area contributed by atoms with Crippen LogP contribution >= 0.6 is 0 Å². The molecule has 0 aliphatic heterocycles. The summed E-state index contributed by atoms with van der Waals surface area (Å²) in [7, 11) is 1.32. The predicted molar refractivity (Wildman–Crippen MR) is 54.6 cm³/mol. The number of ether oxygens (including phenoxy) is 1. The van der Waals surface area contributed by atoms with Crippen LogP contribution in [0.2, 0.25) is 0 Å². The number of methoxy groups -OCH3 is 1. The second kappa shape index (κ2) is 4.08. The van der Waals surface area contributed by atoms with E-state index in [2.05, 4.69) is 0 Å². The highest BCUT2D eigenvalue weighted by molar-refractivity contribution is 6.39. The molecule has 88 valence electrons. The summed E-state index contributed by atoms with van der Waals surface area (Å²) in [5.41, 5.74) is -0.686. The number of aliphatic carboxylic acids is 1. The normalized spacial score (nSPS) is 23.6. The van der Waals surface area contributed by atoms with Gasteiger partial charge in [-0.05, 0) is 17.9 Å². The molecule has 0 aromatic heterocycles. The first-order valence-corrected chi connectivity index (χ1v) is 4.86. The molecule has 0 spiro atoms. The summed E-state index contributed by atoms with van der Waals surface area (Å²) in [4.78, 5) is 34.0. The van der Waals surface area contributed by atoms with E-state index in [0.29, 0.717) is 6.42 Å². The standard InChI is InChI=1S/C11H14O5/c1-11(2)5-4-6(16-3)8(12)7(11)9(13)10(14)15/h4,7H,5H2,1-3H3,(H,14,15). The molecule has 0 saturated heterocycles. The molecule has 0 heterocycles. The van der Waals surface area contributed by atoms with Crippen LogP contribution in [0, 0.1) is 11.3 Å². The zero-order valence-corrected chi connectivity index (χ0v) is 9.44. The highest BCUT2D eigenvalue weighted by atomic mass is 16.5. The summed E-state index contributed by atoms with van der Waals surface area (Å²) in [6.45, 7) is 3.39. The minimum Gasteiger partial charge on any atom is -0.493 e. The molecule has 1 aliphatic carbocycles. The minimum absolute atomic E-state index is 0.0684. The minimum atomic E-state index is -1.58. The van der Waals surface area contributed by atoms with Crippen LogP contribution in [0.4, 0.5) is 0 Å². The lowest BCUT2D eigenvalue weighted by Gasteiger charge is -2.33. The Labute approximate surface area is 93.1 Å². The van der Waals surface area contributed by atoms with Gasteiger partial charge in [0.1, 0.15) is 5.92 Å². The number of rotatable bonds is 3. The molecule has 0 bridgehead atoms. The number of ketones is 2. The zero-order valence-electron chi connectivity index (χ0n) is 9.44. The second-order valence-electron chi connectivity index (χ2n) is 4.43. The van der Waals surface area contributed by atoms with E-state index in [1.165, 1.54) is 7.11 Å². The van der Waals surface area contributed by atoms with E-state index in [9.17, 15) is 14.4 Å². The number of hydrogen-bond acceptors (Lipinski definition) is 4. The van der Waals surface area contributed by atoms with Crippen molar-refractivity contribution in [3.63, 3.8) is 0 Å². The van der Waals surface area contributed by atoms with Gasteiger partial charge in [-0.3, -0.25) is 9.59 Å². The summed E-state index contributed by atoms with van der Waals surface area (Å²) in [5.74, 6) is -4.29. The Hall–Kier alpha value is -1.65. The topological polar surface area (TPSA) is 80.7 Å². The van der Waals surface area contributed by atoms with Gasteiger partial charge in [0.05, 0.1) is 7.11 Å².